The average molecular weight is 520 g/mol. The minimum absolute atomic E-state index is 0.0493. The molecule has 0 amide bonds. The maximum Gasteiger partial charge on any atom is 0.490 e. The zero-order valence-electron chi connectivity index (χ0n) is 16.0. The van der Waals surface area contributed by atoms with Gasteiger partial charge in [-0.2, -0.15) is 18.6 Å². The van der Waals surface area contributed by atoms with Crippen molar-refractivity contribution < 1.29 is 50.8 Å². The van der Waals surface area contributed by atoms with Gasteiger partial charge in [0, 0.05) is 12.5 Å². The van der Waals surface area contributed by atoms with Gasteiger partial charge >= 0.3 is 23.5 Å². The molecule has 8 N–H and O–H groups in total. The number of imidazole rings is 1. The van der Waals surface area contributed by atoms with Crippen LogP contribution in [0.25, 0.3) is 11.2 Å². The zero-order valence-corrected chi connectivity index (χ0v) is 18.7. The largest absolute Gasteiger partial charge is 0.490 e. The van der Waals surface area contributed by atoms with E-state index in [1.165, 1.54) is 6.33 Å². The van der Waals surface area contributed by atoms with E-state index in [2.05, 4.69) is 28.1 Å². The van der Waals surface area contributed by atoms with Crippen LogP contribution in [-0.4, -0.2) is 51.9 Å². The van der Waals surface area contributed by atoms with Gasteiger partial charge < -0.3 is 35.6 Å². The quantitative estimate of drug-likeness (QED) is 0.249. The Hall–Kier alpha value is -1.51. The van der Waals surface area contributed by atoms with Crippen molar-refractivity contribution in [3.05, 3.63) is 6.33 Å². The summed E-state index contributed by atoms with van der Waals surface area (Å²) < 4.78 is 61.7. The van der Waals surface area contributed by atoms with E-state index in [-0.39, 0.29) is 31.2 Å². The number of aromatic nitrogens is 4. The fraction of sp³-hybridized carbons (Fsp3) is 0.583. The van der Waals surface area contributed by atoms with E-state index in [0.29, 0.717) is 11.2 Å². The van der Waals surface area contributed by atoms with E-state index in [1.807, 2.05) is 0 Å². The van der Waals surface area contributed by atoms with E-state index in [0.717, 1.165) is 0 Å². The van der Waals surface area contributed by atoms with Crippen molar-refractivity contribution in [1.82, 2.24) is 19.5 Å². The van der Waals surface area contributed by atoms with Crippen LogP contribution in [0.15, 0.2) is 6.33 Å². The molecule has 2 aromatic heterocycles. The molecule has 20 heteroatoms. The average Bonchev–Trinajstić information content (AvgIpc) is 3.14. The van der Waals surface area contributed by atoms with E-state index in [4.69, 9.17) is 26.1 Å². The predicted octanol–water partition coefficient (Wildman–Crippen LogP) is 0.698. The molecule has 0 aliphatic heterocycles. The molecule has 1 fully saturated rings. The minimum Gasteiger partial charge on any atom is -0.382 e. The number of phosphoric acid groups is 3. The van der Waals surface area contributed by atoms with Gasteiger partial charge in [0.25, 0.3) is 0 Å². The number of hydrogen-bond acceptors (Lipinski definition) is 11. The molecule has 2 aromatic rings. The molecular weight excluding hydrogens is 500 g/mol. The summed E-state index contributed by atoms with van der Waals surface area (Å²) in [6.07, 6.45) is 0.235. The number of phosphoric ester groups is 1. The first-order valence-electron chi connectivity index (χ1n) is 8.80. The topological polar surface area (TPSA) is 255 Å². The molecule has 0 radical (unpaired) electrons. The molecule has 0 saturated heterocycles. The summed E-state index contributed by atoms with van der Waals surface area (Å²) in [5.74, 6) is -1.13. The monoisotopic (exact) mass is 520 g/mol. The van der Waals surface area contributed by atoms with Crippen LogP contribution in [0.2, 0.25) is 0 Å². The number of nitrogens with zero attached hydrogens (tertiary/aromatic N) is 4. The fourth-order valence-electron chi connectivity index (χ4n) is 3.38. The molecule has 0 spiro atoms. The summed E-state index contributed by atoms with van der Waals surface area (Å²) in [5, 5.41) is 0. The van der Waals surface area contributed by atoms with Crippen LogP contribution in [0.3, 0.4) is 0 Å². The predicted molar refractivity (Wildman–Crippen MR) is 105 cm³/mol. The molecule has 16 nitrogen and oxygen atoms in total. The Morgan fingerprint density at radius 3 is 2.44 bits per heavy atom. The van der Waals surface area contributed by atoms with Gasteiger partial charge in [0.05, 0.1) is 12.9 Å². The summed E-state index contributed by atoms with van der Waals surface area (Å²) in [5.41, 5.74) is 11.9. The van der Waals surface area contributed by atoms with E-state index in [1.54, 1.807) is 4.57 Å². The number of rotatable bonds is 9. The molecule has 5 atom stereocenters. The molecule has 2 heterocycles. The maximum absolute atomic E-state index is 14.5. The first kappa shape index (κ1) is 25.1. The van der Waals surface area contributed by atoms with Crippen LogP contribution < -0.4 is 11.5 Å². The molecule has 1 saturated carbocycles. The highest BCUT2D eigenvalue weighted by atomic mass is 31.3. The number of anilines is 2. The molecule has 2 unspecified atom stereocenters. The van der Waals surface area contributed by atoms with Crippen molar-refractivity contribution >= 4 is 46.4 Å². The van der Waals surface area contributed by atoms with Crippen molar-refractivity contribution in [1.29, 1.82) is 0 Å². The minimum atomic E-state index is -5.61. The number of hydrogen-bond donors (Lipinski definition) is 6. The standard InChI is InChI=1S/C12H20FN6O10P3/c13-8-2-6(4-27-31(23,24)29-32(25,26)28-30(20,21)22)1-7(8)3-19-5-16-9-10(14)17-12(15)18-11(9)19/h5-8H,1-4H2,(H,23,24)(H,25,26)(H2,20,21,22)(H4,14,15,17,18)/t6-,7-,8-/m0/s1. The van der Waals surface area contributed by atoms with Crippen LogP contribution in [0.4, 0.5) is 16.2 Å². The Morgan fingerprint density at radius 1 is 1.09 bits per heavy atom. The van der Waals surface area contributed by atoms with E-state index in [9.17, 15) is 23.0 Å². The Labute approximate surface area is 179 Å². The molecule has 1 aliphatic rings. The molecule has 1 aliphatic carbocycles. The second-order valence-electron chi connectivity index (χ2n) is 7.04. The van der Waals surface area contributed by atoms with Gasteiger partial charge in [-0.05, 0) is 18.8 Å². The molecular formula is C12H20FN6O10P3. The van der Waals surface area contributed by atoms with E-state index < -0.39 is 48.1 Å². The maximum atomic E-state index is 14.5. The molecule has 3 rings (SSSR count). The molecule has 0 aromatic carbocycles. The number of nitrogen functional groups attached to an aromatic ring is 2. The lowest BCUT2D eigenvalue weighted by Crippen LogP contribution is -2.16. The third-order valence-corrected chi connectivity index (χ3v) is 8.34. The second-order valence-corrected chi connectivity index (χ2v) is 11.5. The van der Waals surface area contributed by atoms with Crippen LogP contribution in [0.1, 0.15) is 12.8 Å². The lowest BCUT2D eigenvalue weighted by molar-refractivity contribution is 0.151. The first-order chi connectivity index (χ1) is 14.6. The molecule has 32 heavy (non-hydrogen) atoms. The zero-order chi connectivity index (χ0) is 23.9. The molecule has 180 valence electrons. The van der Waals surface area contributed by atoms with Crippen molar-refractivity contribution in [2.75, 3.05) is 18.1 Å². The highest BCUT2D eigenvalue weighted by Gasteiger charge is 2.42. The Morgan fingerprint density at radius 2 is 1.78 bits per heavy atom. The van der Waals surface area contributed by atoms with Gasteiger partial charge in [-0.25, -0.2) is 23.1 Å². The summed E-state index contributed by atoms with van der Waals surface area (Å²) >= 11 is 0. The number of nitrogens with two attached hydrogens (primary N) is 2. The van der Waals surface area contributed by atoms with Crippen molar-refractivity contribution in [2.45, 2.75) is 25.6 Å². The lowest BCUT2D eigenvalue weighted by Gasteiger charge is -2.18. The van der Waals surface area contributed by atoms with Gasteiger partial charge in [-0.15, -0.1) is 0 Å². The third-order valence-electron chi connectivity index (χ3n) is 4.53. The van der Waals surface area contributed by atoms with Crippen LogP contribution in [-0.2, 0) is 33.4 Å². The number of alkyl halides is 1. The Bertz CT molecular complexity index is 1140. The van der Waals surface area contributed by atoms with Crippen LogP contribution in [0, 0.1) is 11.8 Å². The fourth-order valence-corrected chi connectivity index (χ4v) is 6.47. The third kappa shape index (κ3) is 6.51. The number of halogens is 1. The van der Waals surface area contributed by atoms with Gasteiger partial charge in [0.15, 0.2) is 11.5 Å². The van der Waals surface area contributed by atoms with Crippen LogP contribution in [0.5, 0.6) is 0 Å². The summed E-state index contributed by atoms with van der Waals surface area (Å²) in [4.78, 5) is 47.6. The van der Waals surface area contributed by atoms with Crippen molar-refractivity contribution in [2.24, 2.45) is 11.8 Å². The summed E-state index contributed by atoms with van der Waals surface area (Å²) in [6, 6.07) is 0. The highest BCUT2D eigenvalue weighted by Crippen LogP contribution is 2.66. The van der Waals surface area contributed by atoms with Gasteiger partial charge in [0.2, 0.25) is 5.95 Å². The second kappa shape index (κ2) is 9.03. The summed E-state index contributed by atoms with van der Waals surface area (Å²) in [6.45, 7) is -0.396. The Balaban J connectivity index is 1.59. The van der Waals surface area contributed by atoms with Gasteiger partial charge in [-0.1, -0.05) is 0 Å². The summed E-state index contributed by atoms with van der Waals surface area (Å²) in [7, 11) is -16.4. The van der Waals surface area contributed by atoms with Crippen LogP contribution >= 0.6 is 23.5 Å². The van der Waals surface area contributed by atoms with Crippen molar-refractivity contribution in [3.8, 4) is 0 Å². The number of fused-ring (bicyclic) bond motifs is 1. The van der Waals surface area contributed by atoms with Gasteiger partial charge in [0.1, 0.15) is 11.7 Å². The lowest BCUT2D eigenvalue weighted by atomic mass is 10.1. The normalized spacial score (nSPS) is 25.6. The Kier molecular flexibility index (Phi) is 7.09. The highest BCUT2D eigenvalue weighted by molar-refractivity contribution is 7.66. The van der Waals surface area contributed by atoms with Gasteiger partial charge in [-0.3, -0.25) is 4.52 Å². The SMILES string of the molecule is Nc1nc(N)c2ncn(C[C@@H]3C[C@H](COP(=O)(O)OP(=O)(O)OP(=O)(O)O)C[C@@H]3F)c2n1. The smallest absolute Gasteiger partial charge is 0.382 e. The molecule has 0 bridgehead atoms. The van der Waals surface area contributed by atoms with Crippen molar-refractivity contribution in [3.63, 3.8) is 0 Å². The van der Waals surface area contributed by atoms with E-state index >= 15 is 0 Å². The first-order valence-corrected chi connectivity index (χ1v) is 13.3.